The predicted octanol–water partition coefficient (Wildman–Crippen LogP) is 1.98. The fourth-order valence-electron chi connectivity index (χ4n) is 2.66. The number of aryl methyl sites for hydroxylation is 1. The van der Waals surface area contributed by atoms with Crippen LogP contribution in [0.1, 0.15) is 36.4 Å². The smallest absolute Gasteiger partial charge is 0.160 e. The molecule has 1 aliphatic carbocycles. The topological polar surface area (TPSA) is 82.2 Å². The summed E-state index contributed by atoms with van der Waals surface area (Å²) in [5, 5.41) is 4.24. The van der Waals surface area contributed by atoms with Gasteiger partial charge in [-0.25, -0.2) is 4.98 Å². The van der Waals surface area contributed by atoms with Gasteiger partial charge in [-0.1, -0.05) is 0 Å². The van der Waals surface area contributed by atoms with Crippen molar-refractivity contribution in [1.82, 2.24) is 14.6 Å². The number of anilines is 1. The Balaban J connectivity index is 2.17. The van der Waals surface area contributed by atoms with Crippen molar-refractivity contribution in [2.75, 3.05) is 5.73 Å². The fraction of sp³-hybridized carbons (Fsp3) is 0.500. The highest BCUT2D eigenvalue weighted by molar-refractivity contribution is 9.10. The molecule has 0 bridgehead atoms. The lowest BCUT2D eigenvalue weighted by molar-refractivity contribution is 0.658. The monoisotopic (exact) mass is 309 g/mol. The van der Waals surface area contributed by atoms with Crippen LogP contribution in [0.15, 0.2) is 10.7 Å². The minimum absolute atomic E-state index is 0.284. The van der Waals surface area contributed by atoms with Gasteiger partial charge in [-0.2, -0.15) is 9.61 Å². The Hall–Kier alpha value is -1.14. The predicted molar refractivity (Wildman–Crippen MR) is 74.4 cm³/mol. The number of halogens is 1. The molecule has 2 heterocycles. The molecule has 18 heavy (non-hydrogen) atoms. The maximum absolute atomic E-state index is 6.12. The largest absolute Gasteiger partial charge is 0.383 e. The van der Waals surface area contributed by atoms with E-state index in [0.717, 1.165) is 40.6 Å². The van der Waals surface area contributed by atoms with Gasteiger partial charge in [0.25, 0.3) is 0 Å². The van der Waals surface area contributed by atoms with Crippen LogP contribution in [0.4, 0.5) is 5.82 Å². The van der Waals surface area contributed by atoms with Gasteiger partial charge < -0.3 is 11.5 Å². The summed E-state index contributed by atoms with van der Waals surface area (Å²) in [6.07, 6.45) is 4.90. The zero-order valence-corrected chi connectivity index (χ0v) is 11.8. The lowest BCUT2D eigenvalue weighted by Crippen LogP contribution is -2.15. The number of aromatic nitrogens is 3. The number of rotatable bonds is 1. The Labute approximate surface area is 114 Å². The average Bonchev–Trinajstić information content (AvgIpc) is 2.91. The third-order valence-electron chi connectivity index (χ3n) is 3.68. The van der Waals surface area contributed by atoms with Gasteiger partial charge in [0.05, 0.1) is 16.4 Å². The molecule has 3 rings (SSSR count). The van der Waals surface area contributed by atoms with E-state index in [1.54, 1.807) is 10.7 Å². The molecule has 1 unspecified atom stereocenters. The third-order valence-corrected chi connectivity index (χ3v) is 4.50. The number of fused-ring (bicyclic) bond motifs is 1. The summed E-state index contributed by atoms with van der Waals surface area (Å²) in [4.78, 5) is 4.73. The molecule has 0 amide bonds. The first-order valence-electron chi connectivity index (χ1n) is 6.12. The van der Waals surface area contributed by atoms with Gasteiger partial charge in [0.15, 0.2) is 5.65 Å². The highest BCUT2D eigenvalue weighted by Gasteiger charge is 2.28. The zero-order chi connectivity index (χ0) is 12.9. The minimum Gasteiger partial charge on any atom is -0.383 e. The van der Waals surface area contributed by atoms with E-state index in [4.69, 9.17) is 16.5 Å². The van der Waals surface area contributed by atoms with E-state index in [2.05, 4.69) is 21.0 Å². The van der Waals surface area contributed by atoms with E-state index in [1.807, 2.05) is 6.92 Å². The number of nitrogen functional groups attached to an aromatic ring is 1. The van der Waals surface area contributed by atoms with Crippen molar-refractivity contribution in [2.45, 2.75) is 38.1 Å². The van der Waals surface area contributed by atoms with Crippen molar-refractivity contribution in [3.8, 4) is 0 Å². The number of nitrogens with two attached hydrogens (primary N) is 2. The van der Waals surface area contributed by atoms with Gasteiger partial charge in [0.1, 0.15) is 5.82 Å². The molecule has 2 atom stereocenters. The van der Waals surface area contributed by atoms with Gasteiger partial charge in [0, 0.05) is 17.5 Å². The van der Waals surface area contributed by atoms with Crippen LogP contribution in [0.25, 0.3) is 5.65 Å². The normalized spacial score (nSPS) is 23.9. The summed E-state index contributed by atoms with van der Waals surface area (Å²) >= 11 is 3.55. The first-order chi connectivity index (χ1) is 8.58. The number of hydrogen-bond acceptors (Lipinski definition) is 4. The van der Waals surface area contributed by atoms with E-state index in [1.165, 1.54) is 0 Å². The summed E-state index contributed by atoms with van der Waals surface area (Å²) in [5.74, 6) is 1.01. The summed E-state index contributed by atoms with van der Waals surface area (Å²) < 4.78 is 2.54. The van der Waals surface area contributed by atoms with Gasteiger partial charge in [0.2, 0.25) is 0 Å². The molecule has 0 saturated heterocycles. The van der Waals surface area contributed by atoms with Crippen molar-refractivity contribution >= 4 is 27.4 Å². The molecule has 0 aromatic carbocycles. The molecule has 0 radical (unpaired) electrons. The lowest BCUT2D eigenvalue weighted by Gasteiger charge is -2.14. The van der Waals surface area contributed by atoms with Crippen molar-refractivity contribution in [3.05, 3.63) is 21.9 Å². The fourth-order valence-corrected chi connectivity index (χ4v) is 3.24. The van der Waals surface area contributed by atoms with Crippen molar-refractivity contribution in [3.63, 3.8) is 0 Å². The number of hydrogen-bond donors (Lipinski definition) is 2. The van der Waals surface area contributed by atoms with Gasteiger partial charge in [-0.05, 0) is 42.1 Å². The Kier molecular flexibility index (Phi) is 2.79. The summed E-state index contributed by atoms with van der Waals surface area (Å²) in [5.41, 5.74) is 15.0. The molecule has 2 aromatic heterocycles. The molecular weight excluding hydrogens is 294 g/mol. The van der Waals surface area contributed by atoms with Gasteiger partial charge in [-0.3, -0.25) is 0 Å². The highest BCUT2D eigenvalue weighted by Crippen LogP contribution is 2.38. The molecule has 1 fully saturated rings. The second-order valence-electron chi connectivity index (χ2n) is 5.03. The molecule has 6 heteroatoms. The van der Waals surface area contributed by atoms with E-state index in [-0.39, 0.29) is 6.04 Å². The Morgan fingerprint density at radius 2 is 2.22 bits per heavy atom. The van der Waals surface area contributed by atoms with Crippen LogP contribution in [0.3, 0.4) is 0 Å². The van der Waals surface area contributed by atoms with Crippen LogP contribution in [0.2, 0.25) is 0 Å². The maximum Gasteiger partial charge on any atom is 0.160 e. The lowest BCUT2D eigenvalue weighted by atomic mass is 10.0. The van der Waals surface area contributed by atoms with Crippen LogP contribution < -0.4 is 11.5 Å². The first kappa shape index (κ1) is 11.9. The van der Waals surface area contributed by atoms with Gasteiger partial charge in [-0.15, -0.1) is 0 Å². The van der Waals surface area contributed by atoms with Crippen LogP contribution in [0, 0.1) is 6.92 Å². The minimum atomic E-state index is 0.284. The quantitative estimate of drug-likeness (QED) is 0.844. The Morgan fingerprint density at radius 1 is 1.44 bits per heavy atom. The molecule has 0 aliphatic heterocycles. The van der Waals surface area contributed by atoms with Crippen molar-refractivity contribution in [1.29, 1.82) is 0 Å². The van der Waals surface area contributed by atoms with Crippen LogP contribution in [0.5, 0.6) is 0 Å². The molecule has 4 N–H and O–H groups in total. The molecule has 1 saturated carbocycles. The highest BCUT2D eigenvalue weighted by atomic mass is 79.9. The number of nitrogens with zero attached hydrogens (tertiary/aromatic N) is 3. The second kappa shape index (κ2) is 4.20. The van der Waals surface area contributed by atoms with Gasteiger partial charge >= 0.3 is 0 Å². The zero-order valence-electron chi connectivity index (χ0n) is 10.2. The van der Waals surface area contributed by atoms with E-state index in [9.17, 15) is 0 Å². The van der Waals surface area contributed by atoms with E-state index in [0.29, 0.717) is 11.7 Å². The molecule has 96 valence electrons. The van der Waals surface area contributed by atoms with Crippen LogP contribution in [-0.2, 0) is 0 Å². The standard InChI is InChI=1S/C12H16BrN5/c1-6-5-16-18-11(15)9(13)10(17-12(6)18)7-2-3-8(14)4-7/h5,7-8H,2-4,14-15H2,1H3/t7?,8-/m1/s1. The molecule has 1 aliphatic rings. The van der Waals surface area contributed by atoms with E-state index < -0.39 is 0 Å². The van der Waals surface area contributed by atoms with Crippen LogP contribution in [-0.4, -0.2) is 20.6 Å². The Bertz CT molecular complexity index is 606. The molecule has 5 nitrogen and oxygen atoms in total. The Morgan fingerprint density at radius 3 is 2.89 bits per heavy atom. The van der Waals surface area contributed by atoms with Crippen molar-refractivity contribution in [2.24, 2.45) is 5.73 Å². The van der Waals surface area contributed by atoms with Crippen molar-refractivity contribution < 1.29 is 0 Å². The molecule has 0 spiro atoms. The molecule has 2 aromatic rings. The molecular formula is C12H16BrN5. The summed E-state index contributed by atoms with van der Waals surface area (Å²) in [7, 11) is 0. The van der Waals surface area contributed by atoms with Crippen LogP contribution >= 0.6 is 15.9 Å². The third kappa shape index (κ3) is 1.71. The SMILES string of the molecule is Cc1cnn2c(N)c(Br)c(C3CC[C@@H](N)C3)nc12. The first-order valence-corrected chi connectivity index (χ1v) is 6.92. The average molecular weight is 310 g/mol. The van der Waals surface area contributed by atoms with E-state index >= 15 is 0 Å². The summed E-state index contributed by atoms with van der Waals surface area (Å²) in [6.45, 7) is 1.99. The maximum atomic E-state index is 6.12. The second-order valence-corrected chi connectivity index (χ2v) is 5.82. The summed E-state index contributed by atoms with van der Waals surface area (Å²) in [6, 6.07) is 0.284.